The van der Waals surface area contributed by atoms with Crippen molar-refractivity contribution in [1.82, 2.24) is 24.5 Å². The highest BCUT2D eigenvalue weighted by Gasteiger charge is 2.22. The fourth-order valence-electron chi connectivity index (χ4n) is 2.36. The molecule has 2 aromatic heterocycles. The third kappa shape index (κ3) is 3.84. The molecule has 0 atom stereocenters. The van der Waals surface area contributed by atoms with Crippen molar-refractivity contribution in [3.63, 3.8) is 0 Å². The minimum Gasteiger partial charge on any atom is -0.271 e. The van der Waals surface area contributed by atoms with Gasteiger partial charge in [0.15, 0.2) is 0 Å². The van der Waals surface area contributed by atoms with Gasteiger partial charge in [0.25, 0.3) is 16.0 Å². The van der Waals surface area contributed by atoms with Gasteiger partial charge >= 0.3 is 0 Å². The summed E-state index contributed by atoms with van der Waals surface area (Å²) in [6.07, 6.45) is 2.87. The number of halogens is 2. The minimum atomic E-state index is -3.83. The Hall–Kier alpha value is -2.10. The van der Waals surface area contributed by atoms with Crippen molar-refractivity contribution in [2.24, 2.45) is 0 Å². The molecule has 0 radical (unpaired) electrons. The van der Waals surface area contributed by atoms with Gasteiger partial charge in [0.2, 0.25) is 0 Å². The van der Waals surface area contributed by atoms with Gasteiger partial charge in [-0.05, 0) is 26.0 Å². The molecule has 0 aliphatic heterocycles. The zero-order valence-corrected chi connectivity index (χ0v) is 16.3. The normalized spacial score (nSPS) is 11.7. The fourth-order valence-corrected chi connectivity index (χ4v) is 4.01. The van der Waals surface area contributed by atoms with E-state index >= 15 is 0 Å². The van der Waals surface area contributed by atoms with Crippen molar-refractivity contribution < 1.29 is 8.42 Å². The Balaban J connectivity index is 1.81. The maximum Gasteiger partial charge on any atom is 0.267 e. The van der Waals surface area contributed by atoms with Crippen LogP contribution in [0.25, 0.3) is 0 Å². The highest BCUT2D eigenvalue weighted by atomic mass is 35.5. The summed E-state index contributed by atoms with van der Waals surface area (Å²) < 4.78 is 30.4. The first-order valence-corrected chi connectivity index (χ1v) is 9.93. The lowest BCUT2D eigenvalue weighted by molar-refractivity contribution is 0.599. The number of nitrogens with zero attached hydrogens (tertiary/aromatic N) is 5. The van der Waals surface area contributed by atoms with Crippen LogP contribution in [0.5, 0.6) is 0 Å². The first-order valence-electron chi connectivity index (χ1n) is 7.69. The second kappa shape index (κ2) is 7.26. The molecule has 2 heterocycles. The SMILES string of the molecule is CCn1cc(S(=O)(=O)Nc2ncn(Cc3c(Cl)cccc3Cl)n2)c(C)n1. The number of aromatic nitrogens is 5. The maximum atomic E-state index is 12.5. The third-order valence-electron chi connectivity index (χ3n) is 3.66. The molecule has 138 valence electrons. The molecule has 0 amide bonds. The molecule has 0 bridgehead atoms. The number of hydrogen-bond acceptors (Lipinski definition) is 5. The lowest BCUT2D eigenvalue weighted by Gasteiger charge is -2.06. The highest BCUT2D eigenvalue weighted by molar-refractivity contribution is 7.92. The van der Waals surface area contributed by atoms with Gasteiger partial charge in [-0.1, -0.05) is 29.3 Å². The largest absolute Gasteiger partial charge is 0.271 e. The van der Waals surface area contributed by atoms with Crippen LogP contribution in [0.1, 0.15) is 18.2 Å². The molecule has 3 rings (SSSR count). The monoisotopic (exact) mass is 414 g/mol. The van der Waals surface area contributed by atoms with Crippen molar-refractivity contribution in [3.05, 3.63) is 52.0 Å². The molecule has 0 saturated heterocycles. The molecular formula is C15H16Cl2N6O2S. The van der Waals surface area contributed by atoms with Crippen molar-refractivity contribution in [1.29, 1.82) is 0 Å². The Morgan fingerprint density at radius 1 is 1.15 bits per heavy atom. The van der Waals surface area contributed by atoms with Crippen LogP contribution in [0.4, 0.5) is 5.95 Å². The van der Waals surface area contributed by atoms with Gasteiger partial charge in [-0.15, -0.1) is 5.10 Å². The van der Waals surface area contributed by atoms with Crippen LogP contribution in [0, 0.1) is 6.92 Å². The summed E-state index contributed by atoms with van der Waals surface area (Å²) >= 11 is 12.3. The summed E-state index contributed by atoms with van der Waals surface area (Å²) in [6.45, 7) is 4.34. The molecule has 8 nitrogen and oxygen atoms in total. The van der Waals surface area contributed by atoms with E-state index in [4.69, 9.17) is 23.2 Å². The first kappa shape index (κ1) is 18.7. The van der Waals surface area contributed by atoms with E-state index in [1.807, 2.05) is 6.92 Å². The van der Waals surface area contributed by atoms with E-state index in [0.29, 0.717) is 27.8 Å². The zero-order valence-electron chi connectivity index (χ0n) is 14.0. The van der Waals surface area contributed by atoms with Crippen LogP contribution in [0.3, 0.4) is 0 Å². The van der Waals surface area contributed by atoms with Gasteiger partial charge in [-0.3, -0.25) is 4.68 Å². The van der Waals surface area contributed by atoms with E-state index in [9.17, 15) is 8.42 Å². The van der Waals surface area contributed by atoms with Crippen molar-refractivity contribution in [2.75, 3.05) is 4.72 Å². The van der Waals surface area contributed by atoms with Crippen molar-refractivity contribution in [2.45, 2.75) is 31.8 Å². The van der Waals surface area contributed by atoms with Gasteiger partial charge in [-0.25, -0.2) is 17.8 Å². The maximum absolute atomic E-state index is 12.5. The van der Waals surface area contributed by atoms with Crippen LogP contribution in [0.15, 0.2) is 35.6 Å². The lowest BCUT2D eigenvalue weighted by atomic mass is 10.2. The van der Waals surface area contributed by atoms with Crippen LogP contribution in [-0.4, -0.2) is 33.0 Å². The van der Waals surface area contributed by atoms with E-state index in [2.05, 4.69) is 19.9 Å². The van der Waals surface area contributed by atoms with E-state index in [-0.39, 0.29) is 17.4 Å². The average Bonchev–Trinajstić information content (AvgIpc) is 3.17. The third-order valence-corrected chi connectivity index (χ3v) is 5.80. The number of rotatable bonds is 6. The predicted molar refractivity (Wildman–Crippen MR) is 99.0 cm³/mol. The summed E-state index contributed by atoms with van der Waals surface area (Å²) in [5.41, 5.74) is 1.08. The molecule has 1 N–H and O–H groups in total. The van der Waals surface area contributed by atoms with Crippen LogP contribution >= 0.6 is 23.2 Å². The summed E-state index contributed by atoms with van der Waals surface area (Å²) in [5, 5.41) is 9.26. The number of nitrogens with one attached hydrogen (secondary N) is 1. The van der Waals surface area contributed by atoms with E-state index in [1.165, 1.54) is 17.2 Å². The van der Waals surface area contributed by atoms with Gasteiger partial charge in [0.05, 0.1) is 12.2 Å². The Labute approximate surface area is 160 Å². The lowest BCUT2D eigenvalue weighted by Crippen LogP contribution is -2.15. The smallest absolute Gasteiger partial charge is 0.267 e. The summed E-state index contributed by atoms with van der Waals surface area (Å²) in [6, 6.07) is 5.18. The second-order valence-electron chi connectivity index (χ2n) is 5.51. The van der Waals surface area contributed by atoms with E-state index in [1.54, 1.807) is 29.8 Å². The van der Waals surface area contributed by atoms with E-state index < -0.39 is 10.0 Å². The van der Waals surface area contributed by atoms with Gasteiger partial charge in [0.1, 0.15) is 11.2 Å². The molecule has 11 heteroatoms. The number of benzene rings is 1. The topological polar surface area (TPSA) is 94.7 Å². The molecular weight excluding hydrogens is 399 g/mol. The first-order chi connectivity index (χ1) is 12.3. The summed E-state index contributed by atoms with van der Waals surface area (Å²) in [7, 11) is -3.83. The van der Waals surface area contributed by atoms with Crippen molar-refractivity contribution in [3.8, 4) is 0 Å². The van der Waals surface area contributed by atoms with Crippen molar-refractivity contribution >= 4 is 39.2 Å². The average molecular weight is 415 g/mol. The Kier molecular flexibility index (Phi) is 5.22. The molecule has 26 heavy (non-hydrogen) atoms. The van der Waals surface area contributed by atoms with Crippen LogP contribution in [0.2, 0.25) is 10.0 Å². The number of anilines is 1. The standard InChI is InChI=1S/C15H16Cl2N6O2S/c1-3-22-8-14(10(2)19-22)26(24,25)21-15-18-9-23(20-15)7-11-12(16)5-4-6-13(11)17/h4-6,8-9H,3,7H2,1-2H3,(H,20,21). The summed E-state index contributed by atoms with van der Waals surface area (Å²) in [4.78, 5) is 4.08. The van der Waals surface area contributed by atoms with Crippen LogP contribution < -0.4 is 4.72 Å². The molecule has 0 aliphatic rings. The molecule has 0 saturated carbocycles. The number of aryl methyl sites for hydroxylation is 2. The molecule has 0 aliphatic carbocycles. The predicted octanol–water partition coefficient (Wildman–Crippen LogP) is 2.96. The van der Waals surface area contributed by atoms with Crippen LogP contribution in [-0.2, 0) is 23.1 Å². The Bertz CT molecular complexity index is 1020. The minimum absolute atomic E-state index is 0.0446. The molecule has 0 fully saturated rings. The number of sulfonamides is 1. The van der Waals surface area contributed by atoms with E-state index in [0.717, 1.165) is 0 Å². The Morgan fingerprint density at radius 2 is 1.85 bits per heavy atom. The summed E-state index contributed by atoms with van der Waals surface area (Å²) in [5.74, 6) is -0.0446. The molecule has 0 unspecified atom stereocenters. The zero-order chi connectivity index (χ0) is 18.9. The van der Waals surface area contributed by atoms with Gasteiger partial charge < -0.3 is 0 Å². The molecule has 3 aromatic rings. The van der Waals surface area contributed by atoms with Gasteiger partial charge in [-0.2, -0.15) is 10.1 Å². The molecule has 1 aromatic carbocycles. The second-order valence-corrected chi connectivity index (χ2v) is 7.97. The highest BCUT2D eigenvalue weighted by Crippen LogP contribution is 2.25. The molecule has 0 spiro atoms. The fraction of sp³-hybridized carbons (Fsp3) is 0.267. The quantitative estimate of drug-likeness (QED) is 0.668. The Morgan fingerprint density at radius 3 is 2.46 bits per heavy atom. The number of hydrogen-bond donors (Lipinski definition) is 1. The van der Waals surface area contributed by atoms with Gasteiger partial charge in [0, 0.05) is 28.4 Å².